The lowest BCUT2D eigenvalue weighted by Gasteiger charge is -2.60. The van der Waals surface area contributed by atoms with Crippen LogP contribution in [0.5, 0.6) is 0 Å². The number of benzene rings is 1. The van der Waals surface area contributed by atoms with Gasteiger partial charge in [-0.15, -0.1) is 0 Å². The molecule has 4 aliphatic rings. The van der Waals surface area contributed by atoms with Crippen molar-refractivity contribution in [2.24, 2.45) is 17.3 Å². The fraction of sp³-hybridized carbons (Fsp3) is 0.647. The molecule has 18 heavy (non-hydrogen) atoms. The van der Waals surface area contributed by atoms with Crippen LogP contribution in [-0.4, -0.2) is 10.7 Å². The highest BCUT2D eigenvalue weighted by Crippen LogP contribution is 2.62. The van der Waals surface area contributed by atoms with E-state index in [0.29, 0.717) is 5.41 Å². The van der Waals surface area contributed by atoms with Gasteiger partial charge in [0.25, 0.3) is 0 Å². The average Bonchev–Trinajstić information content (AvgIpc) is 2.25. The molecular weight excluding hydrogens is 220 g/mol. The van der Waals surface area contributed by atoms with Gasteiger partial charge in [-0.1, -0.05) is 30.3 Å². The van der Waals surface area contributed by atoms with Crippen LogP contribution in [0.15, 0.2) is 30.3 Å². The van der Waals surface area contributed by atoms with E-state index in [2.05, 4.69) is 30.3 Å². The van der Waals surface area contributed by atoms with E-state index in [9.17, 15) is 5.11 Å². The Morgan fingerprint density at radius 3 is 2.28 bits per heavy atom. The van der Waals surface area contributed by atoms with Crippen molar-refractivity contribution in [2.45, 2.75) is 50.5 Å². The zero-order chi connectivity index (χ0) is 12.2. The summed E-state index contributed by atoms with van der Waals surface area (Å²) in [5.74, 6) is 1.61. The minimum Gasteiger partial charge on any atom is -0.390 e. The predicted molar refractivity (Wildman–Crippen MR) is 72.2 cm³/mol. The third-order valence-electron chi connectivity index (χ3n) is 5.57. The van der Waals surface area contributed by atoms with Crippen LogP contribution in [0.2, 0.25) is 0 Å². The van der Waals surface area contributed by atoms with Crippen LogP contribution in [0.25, 0.3) is 0 Å². The van der Waals surface area contributed by atoms with Gasteiger partial charge in [0.05, 0.1) is 5.60 Å². The topological polar surface area (TPSA) is 20.2 Å². The Balaban J connectivity index is 1.64. The third kappa shape index (κ3) is 1.72. The van der Waals surface area contributed by atoms with Gasteiger partial charge in [-0.3, -0.25) is 0 Å². The van der Waals surface area contributed by atoms with Gasteiger partial charge >= 0.3 is 0 Å². The normalized spacial score (nSPS) is 45.4. The largest absolute Gasteiger partial charge is 0.390 e. The number of hydrogen-bond donors (Lipinski definition) is 1. The first kappa shape index (κ1) is 11.0. The summed E-state index contributed by atoms with van der Waals surface area (Å²) in [5.41, 5.74) is 1.57. The molecule has 2 unspecified atom stereocenters. The van der Waals surface area contributed by atoms with Crippen molar-refractivity contribution >= 4 is 0 Å². The predicted octanol–water partition coefficient (Wildman–Crippen LogP) is 3.56. The van der Waals surface area contributed by atoms with Crippen molar-refractivity contribution in [2.75, 3.05) is 0 Å². The summed E-state index contributed by atoms with van der Waals surface area (Å²) in [6, 6.07) is 10.9. The summed E-state index contributed by atoms with van der Waals surface area (Å²) >= 11 is 0. The standard InChI is InChI=1S/C17H22O/c18-17-10-14-6-15(11-17)9-16(8-14,12-17)7-13-4-2-1-3-5-13/h1-5,14-15,18H,6-12H2. The molecule has 1 N–H and O–H groups in total. The Kier molecular flexibility index (Phi) is 2.21. The summed E-state index contributed by atoms with van der Waals surface area (Å²) in [5, 5.41) is 10.7. The average molecular weight is 242 g/mol. The molecule has 5 rings (SSSR count). The van der Waals surface area contributed by atoms with Crippen molar-refractivity contribution < 1.29 is 5.11 Å². The molecule has 4 fully saturated rings. The molecule has 1 aromatic rings. The second-order valence-electron chi connectivity index (χ2n) is 7.35. The lowest BCUT2D eigenvalue weighted by molar-refractivity contribution is -0.163. The summed E-state index contributed by atoms with van der Waals surface area (Å²) in [6.45, 7) is 0. The van der Waals surface area contributed by atoms with Crippen LogP contribution in [-0.2, 0) is 6.42 Å². The summed E-state index contributed by atoms with van der Waals surface area (Å²) in [7, 11) is 0. The molecule has 0 aliphatic heterocycles. The van der Waals surface area contributed by atoms with Crippen molar-refractivity contribution in [1.82, 2.24) is 0 Å². The van der Waals surface area contributed by atoms with E-state index in [4.69, 9.17) is 0 Å². The second kappa shape index (κ2) is 3.60. The van der Waals surface area contributed by atoms with Crippen LogP contribution in [0.3, 0.4) is 0 Å². The lowest BCUT2D eigenvalue weighted by atomic mass is 9.47. The molecule has 4 aliphatic carbocycles. The van der Waals surface area contributed by atoms with Crippen LogP contribution >= 0.6 is 0 Å². The smallest absolute Gasteiger partial charge is 0.0658 e. The maximum Gasteiger partial charge on any atom is 0.0658 e. The fourth-order valence-corrected chi connectivity index (χ4v) is 5.64. The van der Waals surface area contributed by atoms with Gasteiger partial charge in [0, 0.05) is 0 Å². The van der Waals surface area contributed by atoms with Crippen LogP contribution < -0.4 is 0 Å². The third-order valence-corrected chi connectivity index (χ3v) is 5.57. The molecule has 0 aromatic heterocycles. The van der Waals surface area contributed by atoms with Crippen molar-refractivity contribution in [3.63, 3.8) is 0 Å². The molecule has 1 aromatic carbocycles. The van der Waals surface area contributed by atoms with E-state index >= 15 is 0 Å². The maximum atomic E-state index is 10.7. The van der Waals surface area contributed by atoms with Crippen LogP contribution in [0.4, 0.5) is 0 Å². The first-order valence-corrected chi connectivity index (χ1v) is 7.41. The molecule has 96 valence electrons. The molecule has 0 heterocycles. The van der Waals surface area contributed by atoms with E-state index in [-0.39, 0.29) is 5.60 Å². The summed E-state index contributed by atoms with van der Waals surface area (Å²) < 4.78 is 0. The van der Waals surface area contributed by atoms with Gasteiger partial charge in [-0.2, -0.15) is 0 Å². The maximum absolute atomic E-state index is 10.7. The number of aliphatic hydroxyl groups is 1. The van der Waals surface area contributed by atoms with Crippen LogP contribution in [0.1, 0.15) is 44.1 Å². The van der Waals surface area contributed by atoms with E-state index in [1.54, 1.807) is 0 Å². The van der Waals surface area contributed by atoms with Crippen LogP contribution in [0, 0.1) is 17.3 Å². The molecule has 1 heteroatoms. The summed E-state index contributed by atoms with van der Waals surface area (Å²) in [4.78, 5) is 0. The van der Waals surface area contributed by atoms with Crippen molar-refractivity contribution in [3.05, 3.63) is 35.9 Å². The Bertz CT molecular complexity index is 436. The van der Waals surface area contributed by atoms with Gasteiger partial charge in [0.2, 0.25) is 0 Å². The summed E-state index contributed by atoms with van der Waals surface area (Å²) in [6.07, 6.45) is 8.52. The Morgan fingerprint density at radius 2 is 1.67 bits per heavy atom. The van der Waals surface area contributed by atoms with E-state index < -0.39 is 0 Å². The first-order valence-electron chi connectivity index (χ1n) is 7.41. The SMILES string of the molecule is OC12CC3CC(C1)CC(Cc1ccccc1)(C3)C2. The van der Waals surface area contributed by atoms with Crippen molar-refractivity contribution in [3.8, 4) is 0 Å². The first-order chi connectivity index (χ1) is 8.65. The highest BCUT2D eigenvalue weighted by atomic mass is 16.3. The molecule has 0 amide bonds. The molecule has 4 bridgehead atoms. The van der Waals surface area contributed by atoms with E-state index in [0.717, 1.165) is 31.1 Å². The molecule has 0 radical (unpaired) electrons. The van der Waals surface area contributed by atoms with E-state index in [1.807, 2.05) is 0 Å². The van der Waals surface area contributed by atoms with E-state index in [1.165, 1.54) is 31.2 Å². The Hall–Kier alpha value is -0.820. The monoisotopic (exact) mass is 242 g/mol. The van der Waals surface area contributed by atoms with Gasteiger partial charge in [-0.25, -0.2) is 0 Å². The highest BCUT2D eigenvalue weighted by Gasteiger charge is 2.56. The van der Waals surface area contributed by atoms with Gasteiger partial charge in [0.15, 0.2) is 0 Å². The quantitative estimate of drug-likeness (QED) is 0.840. The fourth-order valence-electron chi connectivity index (χ4n) is 5.64. The zero-order valence-corrected chi connectivity index (χ0v) is 10.9. The second-order valence-corrected chi connectivity index (χ2v) is 7.35. The molecule has 0 saturated heterocycles. The lowest BCUT2D eigenvalue weighted by Crippen LogP contribution is -2.56. The molecular formula is C17H22O. The Morgan fingerprint density at radius 1 is 1.00 bits per heavy atom. The highest BCUT2D eigenvalue weighted by molar-refractivity contribution is 5.19. The van der Waals surface area contributed by atoms with Crippen molar-refractivity contribution in [1.29, 1.82) is 0 Å². The Labute approximate surface area is 109 Å². The minimum absolute atomic E-state index is 0.307. The zero-order valence-electron chi connectivity index (χ0n) is 10.9. The number of hydrogen-bond acceptors (Lipinski definition) is 1. The number of rotatable bonds is 2. The van der Waals surface area contributed by atoms with Gasteiger partial charge < -0.3 is 5.11 Å². The molecule has 0 spiro atoms. The molecule has 1 nitrogen and oxygen atoms in total. The molecule has 4 saturated carbocycles. The van der Waals surface area contributed by atoms with Gasteiger partial charge in [-0.05, 0) is 67.8 Å². The van der Waals surface area contributed by atoms with Gasteiger partial charge in [0.1, 0.15) is 0 Å². The molecule has 2 atom stereocenters. The minimum atomic E-state index is -0.307.